The van der Waals surface area contributed by atoms with Crippen molar-refractivity contribution in [3.05, 3.63) is 35.6 Å². The zero-order valence-electron chi connectivity index (χ0n) is 14.4. The minimum Gasteiger partial charge on any atom is -0.450 e. The molecule has 3 rings (SSSR count). The number of furan rings is 1. The number of hydrogen-bond acceptors (Lipinski definition) is 4. The first-order chi connectivity index (χ1) is 11.5. The highest BCUT2D eigenvalue weighted by molar-refractivity contribution is 5.96. The summed E-state index contributed by atoms with van der Waals surface area (Å²) < 4.78 is 10.8. The number of nitrogens with zero attached hydrogens (tertiary/aromatic N) is 1. The average Bonchev–Trinajstić information content (AvgIpc) is 2.89. The second-order valence-electron chi connectivity index (χ2n) is 6.87. The molecule has 0 saturated carbocycles. The largest absolute Gasteiger partial charge is 0.450 e. The lowest BCUT2D eigenvalue weighted by atomic mass is 9.92. The molecule has 2 heterocycles. The van der Waals surface area contributed by atoms with Gasteiger partial charge in [0.15, 0.2) is 6.61 Å². The van der Waals surface area contributed by atoms with Crippen molar-refractivity contribution in [1.82, 2.24) is 4.90 Å². The van der Waals surface area contributed by atoms with Crippen LogP contribution in [0.3, 0.4) is 0 Å². The number of likely N-dealkylation sites (tertiary alicyclic amines) is 1. The lowest BCUT2D eigenvalue weighted by Crippen LogP contribution is -2.44. The van der Waals surface area contributed by atoms with Gasteiger partial charge in [-0.2, -0.15) is 0 Å². The predicted molar refractivity (Wildman–Crippen MR) is 90.8 cm³/mol. The van der Waals surface area contributed by atoms with Crippen molar-refractivity contribution in [1.29, 1.82) is 0 Å². The summed E-state index contributed by atoms with van der Waals surface area (Å²) in [5.41, 5.74) is 1.38. The Bertz CT molecular complexity index is 754. The molecule has 5 nitrogen and oxygen atoms in total. The number of carbonyl (C=O) groups is 2. The molecule has 1 amide bonds. The highest BCUT2D eigenvalue weighted by atomic mass is 16.5. The number of hydrogen-bond donors (Lipinski definition) is 0. The van der Waals surface area contributed by atoms with Crippen LogP contribution in [0.5, 0.6) is 0 Å². The van der Waals surface area contributed by atoms with E-state index in [0.717, 1.165) is 30.5 Å². The van der Waals surface area contributed by atoms with Crippen molar-refractivity contribution < 1.29 is 18.7 Å². The topological polar surface area (TPSA) is 59.8 Å². The summed E-state index contributed by atoms with van der Waals surface area (Å²) in [5.74, 6) is 0.395. The monoisotopic (exact) mass is 329 g/mol. The van der Waals surface area contributed by atoms with Gasteiger partial charge >= 0.3 is 5.97 Å². The number of amides is 1. The molecule has 1 aromatic heterocycles. The van der Waals surface area contributed by atoms with Crippen LogP contribution in [0.15, 0.2) is 28.7 Å². The van der Waals surface area contributed by atoms with E-state index in [9.17, 15) is 9.59 Å². The molecular weight excluding hydrogens is 306 g/mol. The molecule has 0 bridgehead atoms. The average molecular weight is 329 g/mol. The van der Waals surface area contributed by atoms with Gasteiger partial charge in [0, 0.05) is 24.0 Å². The second-order valence-corrected chi connectivity index (χ2v) is 6.87. The molecule has 24 heavy (non-hydrogen) atoms. The first-order valence-electron chi connectivity index (χ1n) is 8.38. The summed E-state index contributed by atoms with van der Waals surface area (Å²) >= 11 is 0. The van der Waals surface area contributed by atoms with Gasteiger partial charge in [-0.15, -0.1) is 0 Å². The smallest absolute Gasteiger partial charge is 0.375 e. The Morgan fingerprint density at radius 3 is 2.54 bits per heavy atom. The van der Waals surface area contributed by atoms with Crippen LogP contribution in [-0.4, -0.2) is 36.5 Å². The highest BCUT2D eigenvalue weighted by Gasteiger charge is 2.27. The number of aryl methyl sites for hydroxylation is 1. The molecule has 0 aliphatic carbocycles. The van der Waals surface area contributed by atoms with Crippen LogP contribution in [0.25, 0.3) is 11.0 Å². The Hall–Kier alpha value is -2.30. The minimum absolute atomic E-state index is 0.143. The number of carbonyl (C=O) groups excluding carboxylic acids is 2. The fraction of sp³-hybridized carbons (Fsp3) is 0.474. The first kappa shape index (κ1) is 16.6. The van der Waals surface area contributed by atoms with Gasteiger partial charge in [-0.25, -0.2) is 4.79 Å². The standard InChI is InChI=1S/C19H23NO4/c1-12-8-13(2)10-20(9-12)17(21)11-23-19(22)18-14(3)15-6-4-5-7-16(15)24-18/h4-7,12-13H,8-11H2,1-3H3/t12-,13-/m0/s1. The fourth-order valence-corrected chi connectivity index (χ4v) is 3.52. The molecule has 2 aromatic rings. The Balaban J connectivity index is 1.64. The molecule has 0 N–H and O–H groups in total. The summed E-state index contributed by atoms with van der Waals surface area (Å²) in [4.78, 5) is 26.4. The lowest BCUT2D eigenvalue weighted by molar-refractivity contribution is -0.137. The Morgan fingerprint density at radius 2 is 1.88 bits per heavy atom. The molecular formula is C19H23NO4. The minimum atomic E-state index is -0.588. The van der Waals surface area contributed by atoms with E-state index < -0.39 is 5.97 Å². The van der Waals surface area contributed by atoms with E-state index in [0.29, 0.717) is 17.4 Å². The molecule has 0 unspecified atom stereocenters. The van der Waals surface area contributed by atoms with Gasteiger partial charge in [0.2, 0.25) is 5.76 Å². The highest BCUT2D eigenvalue weighted by Crippen LogP contribution is 2.25. The van der Waals surface area contributed by atoms with Crippen molar-refractivity contribution in [3.63, 3.8) is 0 Å². The van der Waals surface area contributed by atoms with Crippen LogP contribution >= 0.6 is 0 Å². The molecule has 1 fully saturated rings. The zero-order valence-corrected chi connectivity index (χ0v) is 14.4. The van der Waals surface area contributed by atoms with Crippen molar-refractivity contribution in [2.45, 2.75) is 27.2 Å². The number of esters is 1. The third-order valence-electron chi connectivity index (χ3n) is 4.58. The number of fused-ring (bicyclic) bond motifs is 1. The van der Waals surface area contributed by atoms with Gasteiger partial charge in [-0.3, -0.25) is 4.79 Å². The Kier molecular flexibility index (Phi) is 4.60. The molecule has 1 saturated heterocycles. The molecule has 0 spiro atoms. The van der Waals surface area contributed by atoms with Gasteiger partial charge in [-0.05, 0) is 31.2 Å². The van der Waals surface area contributed by atoms with Gasteiger partial charge in [0.25, 0.3) is 5.91 Å². The zero-order chi connectivity index (χ0) is 17.3. The van der Waals surface area contributed by atoms with Crippen LogP contribution in [0.4, 0.5) is 0 Å². The number of rotatable bonds is 3. The number of ether oxygens (including phenoxy) is 1. The predicted octanol–water partition coefficient (Wildman–Crippen LogP) is 3.40. The summed E-state index contributed by atoms with van der Waals surface area (Å²) in [6, 6.07) is 7.44. The van der Waals surface area contributed by atoms with E-state index in [4.69, 9.17) is 9.15 Å². The summed E-state index contributed by atoms with van der Waals surface area (Å²) in [6.45, 7) is 7.31. The van der Waals surface area contributed by atoms with Crippen molar-refractivity contribution in [3.8, 4) is 0 Å². The summed E-state index contributed by atoms with van der Waals surface area (Å²) in [5, 5.41) is 0.884. The third-order valence-corrected chi connectivity index (χ3v) is 4.58. The molecule has 1 aliphatic rings. The van der Waals surface area contributed by atoms with Gasteiger partial charge in [0.1, 0.15) is 5.58 Å². The SMILES string of the molecule is Cc1c(C(=O)OCC(=O)N2C[C@@H](C)C[C@H](C)C2)oc2ccccc12. The van der Waals surface area contributed by atoms with Gasteiger partial charge < -0.3 is 14.1 Å². The first-order valence-corrected chi connectivity index (χ1v) is 8.38. The van der Waals surface area contributed by atoms with E-state index in [1.165, 1.54) is 0 Å². The maximum absolute atomic E-state index is 12.3. The quantitative estimate of drug-likeness (QED) is 0.810. The molecule has 0 radical (unpaired) electrons. The molecule has 2 atom stereocenters. The number of benzene rings is 1. The van der Waals surface area contributed by atoms with E-state index in [-0.39, 0.29) is 18.3 Å². The van der Waals surface area contributed by atoms with E-state index in [1.54, 1.807) is 11.0 Å². The fourth-order valence-electron chi connectivity index (χ4n) is 3.52. The lowest BCUT2D eigenvalue weighted by Gasteiger charge is -2.34. The third kappa shape index (κ3) is 3.30. The molecule has 1 aromatic carbocycles. The molecule has 5 heteroatoms. The van der Waals surface area contributed by atoms with Crippen LogP contribution in [-0.2, 0) is 9.53 Å². The van der Waals surface area contributed by atoms with E-state index in [2.05, 4.69) is 13.8 Å². The van der Waals surface area contributed by atoms with Gasteiger partial charge in [0.05, 0.1) is 0 Å². The summed E-state index contributed by atoms with van der Waals surface area (Å²) in [6.07, 6.45) is 1.13. The van der Waals surface area contributed by atoms with Crippen LogP contribution in [0.2, 0.25) is 0 Å². The second kappa shape index (κ2) is 6.67. The number of para-hydroxylation sites is 1. The van der Waals surface area contributed by atoms with E-state index >= 15 is 0 Å². The van der Waals surface area contributed by atoms with Crippen molar-refractivity contribution in [2.75, 3.05) is 19.7 Å². The Labute approximate surface area is 141 Å². The normalized spacial score (nSPS) is 21.0. The van der Waals surface area contributed by atoms with Crippen molar-refractivity contribution >= 4 is 22.8 Å². The van der Waals surface area contributed by atoms with Crippen LogP contribution in [0.1, 0.15) is 36.4 Å². The van der Waals surface area contributed by atoms with E-state index in [1.807, 2.05) is 25.1 Å². The van der Waals surface area contributed by atoms with Crippen LogP contribution in [0, 0.1) is 18.8 Å². The number of piperidine rings is 1. The van der Waals surface area contributed by atoms with Gasteiger partial charge in [-0.1, -0.05) is 32.0 Å². The summed E-state index contributed by atoms with van der Waals surface area (Å²) in [7, 11) is 0. The molecule has 1 aliphatic heterocycles. The van der Waals surface area contributed by atoms with Crippen molar-refractivity contribution in [2.24, 2.45) is 11.8 Å². The van der Waals surface area contributed by atoms with Crippen LogP contribution < -0.4 is 0 Å². The maximum atomic E-state index is 12.3. The maximum Gasteiger partial charge on any atom is 0.375 e. The Morgan fingerprint density at radius 1 is 1.21 bits per heavy atom. The molecule has 128 valence electrons.